The number of rotatable bonds is 8. The Labute approximate surface area is 100 Å². The predicted molar refractivity (Wildman–Crippen MR) is 68.4 cm³/mol. The summed E-state index contributed by atoms with van der Waals surface area (Å²) in [6.45, 7) is 3.41. The van der Waals surface area contributed by atoms with Crippen molar-refractivity contribution in [1.82, 2.24) is 4.90 Å². The summed E-state index contributed by atoms with van der Waals surface area (Å²) in [4.78, 5) is 2.61. The van der Waals surface area contributed by atoms with Crippen LogP contribution in [0.2, 0.25) is 0 Å². The van der Waals surface area contributed by atoms with Crippen LogP contribution in [-0.2, 0) is 0 Å². The van der Waals surface area contributed by atoms with Crippen LogP contribution in [0.1, 0.15) is 51.4 Å². The van der Waals surface area contributed by atoms with Gasteiger partial charge in [-0.3, -0.25) is 0 Å². The molecule has 0 saturated heterocycles. The minimum absolute atomic E-state index is 0.329. The molecule has 16 heavy (non-hydrogen) atoms. The van der Waals surface area contributed by atoms with E-state index in [1.54, 1.807) is 0 Å². The van der Waals surface area contributed by atoms with Gasteiger partial charge in [-0.2, -0.15) is 0 Å². The van der Waals surface area contributed by atoms with Gasteiger partial charge in [-0.1, -0.05) is 19.3 Å². The molecule has 0 amide bonds. The topological polar surface area (TPSA) is 49.5 Å². The third-order valence-electron chi connectivity index (χ3n) is 3.59. The monoisotopic (exact) mass is 228 g/mol. The number of nitrogens with zero attached hydrogens (tertiary/aromatic N) is 1. The third-order valence-corrected chi connectivity index (χ3v) is 3.59. The van der Waals surface area contributed by atoms with Crippen LogP contribution in [0, 0.1) is 0 Å². The molecule has 3 nitrogen and oxygen atoms in total. The molecule has 0 aromatic rings. The maximum absolute atomic E-state index is 8.83. The number of aliphatic hydroxyl groups is 1. The van der Waals surface area contributed by atoms with Crippen LogP contribution in [0.25, 0.3) is 0 Å². The van der Waals surface area contributed by atoms with Crippen molar-refractivity contribution in [2.24, 2.45) is 5.73 Å². The second-order valence-electron chi connectivity index (χ2n) is 4.90. The van der Waals surface area contributed by atoms with Crippen LogP contribution in [0.4, 0.5) is 0 Å². The molecule has 0 bridgehead atoms. The van der Waals surface area contributed by atoms with Crippen LogP contribution in [0.3, 0.4) is 0 Å². The zero-order valence-electron chi connectivity index (χ0n) is 10.5. The molecule has 1 rings (SSSR count). The van der Waals surface area contributed by atoms with Crippen molar-refractivity contribution >= 4 is 0 Å². The van der Waals surface area contributed by atoms with Gasteiger partial charge in [0.15, 0.2) is 0 Å². The summed E-state index contributed by atoms with van der Waals surface area (Å²) >= 11 is 0. The molecule has 0 spiro atoms. The van der Waals surface area contributed by atoms with Crippen LogP contribution < -0.4 is 5.73 Å². The van der Waals surface area contributed by atoms with E-state index in [0.29, 0.717) is 6.61 Å². The van der Waals surface area contributed by atoms with Gasteiger partial charge in [0, 0.05) is 12.6 Å². The van der Waals surface area contributed by atoms with Gasteiger partial charge in [0.2, 0.25) is 0 Å². The Balaban J connectivity index is 2.28. The van der Waals surface area contributed by atoms with Crippen molar-refractivity contribution < 1.29 is 5.11 Å². The minimum atomic E-state index is 0.329. The lowest BCUT2D eigenvalue weighted by atomic mass is 9.94. The van der Waals surface area contributed by atoms with Gasteiger partial charge in [0.1, 0.15) is 0 Å². The molecule has 0 aliphatic heterocycles. The molecule has 1 aliphatic rings. The fourth-order valence-corrected chi connectivity index (χ4v) is 2.64. The highest BCUT2D eigenvalue weighted by atomic mass is 16.2. The minimum Gasteiger partial charge on any atom is -0.396 e. The zero-order valence-corrected chi connectivity index (χ0v) is 10.5. The molecule has 0 heterocycles. The van der Waals surface area contributed by atoms with Crippen LogP contribution >= 0.6 is 0 Å². The van der Waals surface area contributed by atoms with E-state index in [1.807, 2.05) is 0 Å². The van der Waals surface area contributed by atoms with Gasteiger partial charge in [0.25, 0.3) is 0 Å². The number of unbranched alkanes of at least 4 members (excludes halogenated alkanes) is 1. The Morgan fingerprint density at radius 1 is 1.00 bits per heavy atom. The second-order valence-corrected chi connectivity index (χ2v) is 4.90. The number of aliphatic hydroxyl groups excluding tert-OH is 1. The molecular formula is C13H28N2O. The second kappa shape index (κ2) is 8.97. The summed E-state index contributed by atoms with van der Waals surface area (Å²) in [5, 5.41) is 8.83. The first-order valence-corrected chi connectivity index (χ1v) is 6.93. The lowest BCUT2D eigenvalue weighted by molar-refractivity contribution is 0.148. The van der Waals surface area contributed by atoms with E-state index in [9.17, 15) is 0 Å². The first kappa shape index (κ1) is 13.9. The highest BCUT2D eigenvalue weighted by Gasteiger charge is 2.19. The van der Waals surface area contributed by atoms with E-state index in [2.05, 4.69) is 4.90 Å². The van der Waals surface area contributed by atoms with E-state index in [4.69, 9.17) is 10.8 Å². The summed E-state index contributed by atoms with van der Waals surface area (Å²) in [5.74, 6) is 0. The summed E-state index contributed by atoms with van der Waals surface area (Å²) in [5.41, 5.74) is 5.59. The molecule has 0 aromatic heterocycles. The van der Waals surface area contributed by atoms with Crippen LogP contribution in [-0.4, -0.2) is 42.3 Å². The smallest absolute Gasteiger partial charge is 0.0431 e. The standard InChI is InChI=1S/C13H28N2O/c14-9-6-11-15(10-4-5-12-16)13-7-2-1-3-8-13/h13,16H,1-12,14H2. The summed E-state index contributed by atoms with van der Waals surface area (Å²) in [6.07, 6.45) is 10.1. The Bertz CT molecular complexity index is 158. The lowest BCUT2D eigenvalue weighted by Gasteiger charge is -2.34. The van der Waals surface area contributed by atoms with Crippen LogP contribution in [0.15, 0.2) is 0 Å². The average molecular weight is 228 g/mol. The summed E-state index contributed by atoms with van der Waals surface area (Å²) < 4.78 is 0. The normalized spacial score (nSPS) is 18.2. The predicted octanol–water partition coefficient (Wildman–Crippen LogP) is 1.74. The fourth-order valence-electron chi connectivity index (χ4n) is 2.64. The van der Waals surface area contributed by atoms with Crippen molar-refractivity contribution in [2.75, 3.05) is 26.2 Å². The van der Waals surface area contributed by atoms with Crippen molar-refractivity contribution in [3.05, 3.63) is 0 Å². The molecule has 3 heteroatoms. The van der Waals surface area contributed by atoms with Crippen molar-refractivity contribution in [3.8, 4) is 0 Å². The van der Waals surface area contributed by atoms with Gasteiger partial charge < -0.3 is 15.7 Å². The molecular weight excluding hydrogens is 200 g/mol. The summed E-state index contributed by atoms with van der Waals surface area (Å²) in [7, 11) is 0. The molecule has 1 saturated carbocycles. The van der Waals surface area contributed by atoms with Crippen molar-refractivity contribution in [3.63, 3.8) is 0 Å². The Morgan fingerprint density at radius 3 is 2.31 bits per heavy atom. The first-order chi connectivity index (χ1) is 7.88. The molecule has 96 valence electrons. The molecule has 1 fully saturated rings. The number of nitrogens with two attached hydrogens (primary N) is 1. The highest BCUT2D eigenvalue weighted by Crippen LogP contribution is 2.22. The molecule has 0 aromatic carbocycles. The molecule has 0 unspecified atom stereocenters. The number of hydrogen-bond acceptors (Lipinski definition) is 3. The molecule has 3 N–H and O–H groups in total. The maximum Gasteiger partial charge on any atom is 0.0431 e. The SMILES string of the molecule is NCCCN(CCCCO)C1CCCCC1. The average Bonchev–Trinajstić information content (AvgIpc) is 2.35. The Morgan fingerprint density at radius 2 is 1.69 bits per heavy atom. The third kappa shape index (κ3) is 5.28. The summed E-state index contributed by atoms with van der Waals surface area (Å²) in [6, 6.07) is 0.791. The number of hydrogen-bond donors (Lipinski definition) is 2. The first-order valence-electron chi connectivity index (χ1n) is 6.93. The van der Waals surface area contributed by atoms with Gasteiger partial charge in [-0.15, -0.1) is 0 Å². The van der Waals surface area contributed by atoms with Gasteiger partial charge in [-0.05, 0) is 51.7 Å². The van der Waals surface area contributed by atoms with E-state index in [1.165, 1.54) is 32.1 Å². The van der Waals surface area contributed by atoms with E-state index in [0.717, 1.165) is 44.9 Å². The lowest BCUT2D eigenvalue weighted by Crippen LogP contribution is -2.38. The Hall–Kier alpha value is -0.120. The zero-order chi connectivity index (χ0) is 11.6. The highest BCUT2D eigenvalue weighted by molar-refractivity contribution is 4.75. The van der Waals surface area contributed by atoms with Gasteiger partial charge in [0.05, 0.1) is 0 Å². The van der Waals surface area contributed by atoms with E-state index < -0.39 is 0 Å². The quantitative estimate of drug-likeness (QED) is 0.622. The van der Waals surface area contributed by atoms with Gasteiger partial charge >= 0.3 is 0 Å². The fraction of sp³-hybridized carbons (Fsp3) is 1.00. The van der Waals surface area contributed by atoms with Crippen molar-refractivity contribution in [1.29, 1.82) is 0 Å². The van der Waals surface area contributed by atoms with Crippen LogP contribution in [0.5, 0.6) is 0 Å². The van der Waals surface area contributed by atoms with Gasteiger partial charge in [-0.25, -0.2) is 0 Å². The molecule has 1 aliphatic carbocycles. The van der Waals surface area contributed by atoms with E-state index in [-0.39, 0.29) is 0 Å². The largest absolute Gasteiger partial charge is 0.396 e. The maximum atomic E-state index is 8.83. The molecule has 0 atom stereocenters. The van der Waals surface area contributed by atoms with Crippen molar-refractivity contribution in [2.45, 2.75) is 57.4 Å². The Kier molecular flexibility index (Phi) is 7.81. The molecule has 0 radical (unpaired) electrons. The van der Waals surface area contributed by atoms with E-state index >= 15 is 0 Å².